The lowest BCUT2D eigenvalue weighted by molar-refractivity contribution is 0.476. The third-order valence-corrected chi connectivity index (χ3v) is 1.56. The van der Waals surface area contributed by atoms with Crippen LogP contribution in [0.1, 0.15) is 0 Å². The predicted molar refractivity (Wildman–Crippen MR) is 44.0 cm³/mol. The van der Waals surface area contributed by atoms with Gasteiger partial charge in [-0.25, -0.2) is 4.98 Å². The van der Waals surface area contributed by atoms with Gasteiger partial charge < -0.3 is 10.1 Å². The summed E-state index contributed by atoms with van der Waals surface area (Å²) in [5, 5.41) is 9.07. The molecule has 0 atom stereocenters. The van der Waals surface area contributed by atoms with Gasteiger partial charge in [0.15, 0.2) is 0 Å². The molecule has 60 valence electrons. The van der Waals surface area contributed by atoms with Gasteiger partial charge in [-0.2, -0.15) is 0 Å². The Labute approximate surface area is 67.5 Å². The number of H-pyrrole nitrogens is 1. The first-order valence-corrected chi connectivity index (χ1v) is 3.44. The fraction of sp³-hybridized carbons (Fsp3) is 0. The number of nitrogens with one attached hydrogen (secondary N) is 1. The minimum atomic E-state index is -0.270. The molecule has 0 saturated heterocycles. The number of hydrogen-bond donors (Lipinski definition) is 2. The smallest absolute Gasteiger partial charge is 0.266 e. The van der Waals surface area contributed by atoms with Crippen molar-refractivity contribution in [1.29, 1.82) is 0 Å². The molecule has 1 heterocycles. The second-order valence-electron chi connectivity index (χ2n) is 2.45. The molecule has 0 unspecified atom stereocenters. The predicted octanol–water partition coefficient (Wildman–Crippen LogP) is 0.629. The van der Waals surface area contributed by atoms with Crippen molar-refractivity contribution < 1.29 is 5.11 Å². The van der Waals surface area contributed by atoms with Crippen molar-refractivity contribution in [2.24, 2.45) is 0 Å². The SMILES string of the molecule is O=c1cnc2ccc(O)cc2[nH]1. The van der Waals surface area contributed by atoms with E-state index >= 15 is 0 Å². The highest BCUT2D eigenvalue weighted by Gasteiger charge is 1.95. The Balaban J connectivity index is 2.89. The van der Waals surface area contributed by atoms with Gasteiger partial charge in [0.2, 0.25) is 0 Å². The number of phenolic OH excluding ortho intramolecular Hbond substituents is 1. The zero-order valence-electron chi connectivity index (χ0n) is 6.11. The molecule has 2 rings (SSSR count). The van der Waals surface area contributed by atoms with Gasteiger partial charge in [0, 0.05) is 6.07 Å². The first kappa shape index (κ1) is 6.84. The van der Waals surface area contributed by atoms with Gasteiger partial charge in [-0.05, 0) is 12.1 Å². The third kappa shape index (κ3) is 1.03. The monoisotopic (exact) mass is 162 g/mol. The standard InChI is InChI=1S/C8H6N2O2/c11-5-1-2-6-7(3-5)10-8(12)4-9-6/h1-4,11H,(H,10,12). The molecule has 4 heteroatoms. The first-order valence-electron chi connectivity index (χ1n) is 3.44. The second-order valence-corrected chi connectivity index (χ2v) is 2.45. The molecule has 2 N–H and O–H groups in total. The van der Waals surface area contributed by atoms with E-state index in [0.717, 1.165) is 0 Å². The van der Waals surface area contributed by atoms with Gasteiger partial charge >= 0.3 is 0 Å². The number of phenols is 1. The molecule has 0 fully saturated rings. The molecule has 4 nitrogen and oxygen atoms in total. The number of hydrogen-bond acceptors (Lipinski definition) is 3. The quantitative estimate of drug-likeness (QED) is 0.597. The third-order valence-electron chi connectivity index (χ3n) is 1.56. The number of benzene rings is 1. The Kier molecular flexibility index (Phi) is 1.33. The molecule has 0 aliphatic rings. The van der Waals surface area contributed by atoms with Gasteiger partial charge in [0.25, 0.3) is 5.56 Å². The molecular weight excluding hydrogens is 156 g/mol. The normalized spacial score (nSPS) is 10.3. The van der Waals surface area contributed by atoms with Crippen LogP contribution in [0, 0.1) is 0 Å². The van der Waals surface area contributed by atoms with Crippen LogP contribution in [-0.2, 0) is 0 Å². The summed E-state index contributed by atoms with van der Waals surface area (Å²) in [6.45, 7) is 0. The molecule has 0 radical (unpaired) electrons. The molecule has 2 aromatic rings. The summed E-state index contributed by atoms with van der Waals surface area (Å²) in [6.07, 6.45) is 1.21. The van der Waals surface area contributed by atoms with Crippen molar-refractivity contribution in [3.8, 4) is 5.75 Å². The average molecular weight is 162 g/mol. The second kappa shape index (κ2) is 2.34. The molecule has 1 aromatic heterocycles. The number of fused-ring (bicyclic) bond motifs is 1. The van der Waals surface area contributed by atoms with Crippen LogP contribution in [0.5, 0.6) is 5.75 Å². The summed E-state index contributed by atoms with van der Waals surface area (Å²) in [7, 11) is 0. The molecular formula is C8H6N2O2. The van der Waals surface area contributed by atoms with Crippen LogP contribution < -0.4 is 5.56 Å². The van der Waals surface area contributed by atoms with Crippen LogP contribution in [0.15, 0.2) is 29.2 Å². The molecule has 0 aliphatic carbocycles. The van der Waals surface area contributed by atoms with Crippen LogP contribution in [0.4, 0.5) is 0 Å². The van der Waals surface area contributed by atoms with Gasteiger partial charge in [0.05, 0.1) is 17.2 Å². The Bertz CT molecular complexity index is 476. The lowest BCUT2D eigenvalue weighted by Crippen LogP contribution is -2.04. The van der Waals surface area contributed by atoms with E-state index in [1.54, 1.807) is 6.07 Å². The molecule has 0 amide bonds. The Morgan fingerprint density at radius 3 is 3.08 bits per heavy atom. The largest absolute Gasteiger partial charge is 0.508 e. The minimum absolute atomic E-state index is 0.117. The summed E-state index contributed by atoms with van der Waals surface area (Å²) in [5.41, 5.74) is 0.933. The number of aromatic nitrogens is 2. The Morgan fingerprint density at radius 2 is 2.25 bits per heavy atom. The molecule has 0 saturated carbocycles. The van der Waals surface area contributed by atoms with Crippen LogP contribution in [0.2, 0.25) is 0 Å². The summed E-state index contributed by atoms with van der Waals surface area (Å²) in [6, 6.07) is 4.62. The lowest BCUT2D eigenvalue weighted by Gasteiger charge is -1.95. The molecule has 0 spiro atoms. The van der Waals surface area contributed by atoms with Gasteiger partial charge in [0.1, 0.15) is 5.75 Å². The molecule has 0 bridgehead atoms. The van der Waals surface area contributed by atoms with E-state index in [1.165, 1.54) is 18.3 Å². The zero-order valence-corrected chi connectivity index (χ0v) is 6.11. The summed E-state index contributed by atoms with van der Waals surface area (Å²) >= 11 is 0. The van der Waals surface area contributed by atoms with E-state index in [9.17, 15) is 4.79 Å². The van der Waals surface area contributed by atoms with E-state index in [4.69, 9.17) is 5.11 Å². The Hall–Kier alpha value is -1.84. The fourth-order valence-electron chi connectivity index (χ4n) is 1.03. The maximum atomic E-state index is 10.8. The highest BCUT2D eigenvalue weighted by molar-refractivity contribution is 5.75. The maximum absolute atomic E-state index is 10.8. The summed E-state index contributed by atoms with van der Waals surface area (Å²) in [4.78, 5) is 17.2. The van der Waals surface area contributed by atoms with Crippen molar-refractivity contribution in [3.05, 3.63) is 34.7 Å². The van der Waals surface area contributed by atoms with Gasteiger partial charge in [-0.3, -0.25) is 4.79 Å². The van der Waals surface area contributed by atoms with Crippen molar-refractivity contribution in [2.75, 3.05) is 0 Å². The number of aromatic hydroxyl groups is 1. The lowest BCUT2D eigenvalue weighted by atomic mass is 10.3. The first-order chi connectivity index (χ1) is 5.75. The number of nitrogens with zero attached hydrogens (tertiary/aromatic N) is 1. The van der Waals surface area contributed by atoms with E-state index in [0.29, 0.717) is 11.0 Å². The summed E-state index contributed by atoms with van der Waals surface area (Å²) < 4.78 is 0. The zero-order chi connectivity index (χ0) is 8.55. The van der Waals surface area contributed by atoms with Crippen LogP contribution in [0.25, 0.3) is 11.0 Å². The topological polar surface area (TPSA) is 66.0 Å². The fourth-order valence-corrected chi connectivity index (χ4v) is 1.03. The van der Waals surface area contributed by atoms with Crippen molar-refractivity contribution in [2.45, 2.75) is 0 Å². The number of rotatable bonds is 0. The molecule has 1 aromatic carbocycles. The average Bonchev–Trinajstić information content (AvgIpc) is 2.03. The highest BCUT2D eigenvalue weighted by atomic mass is 16.3. The van der Waals surface area contributed by atoms with E-state index < -0.39 is 0 Å². The summed E-state index contributed by atoms with van der Waals surface area (Å²) in [5.74, 6) is 0.117. The Morgan fingerprint density at radius 1 is 1.42 bits per heavy atom. The van der Waals surface area contributed by atoms with Crippen molar-refractivity contribution in [1.82, 2.24) is 9.97 Å². The molecule has 12 heavy (non-hydrogen) atoms. The number of aromatic amines is 1. The molecule has 0 aliphatic heterocycles. The minimum Gasteiger partial charge on any atom is -0.508 e. The maximum Gasteiger partial charge on any atom is 0.266 e. The highest BCUT2D eigenvalue weighted by Crippen LogP contribution is 2.13. The van der Waals surface area contributed by atoms with E-state index in [-0.39, 0.29) is 11.3 Å². The van der Waals surface area contributed by atoms with Crippen LogP contribution >= 0.6 is 0 Å². The van der Waals surface area contributed by atoms with E-state index in [1.807, 2.05) is 0 Å². The van der Waals surface area contributed by atoms with Crippen LogP contribution in [0.3, 0.4) is 0 Å². The van der Waals surface area contributed by atoms with Gasteiger partial charge in [-0.15, -0.1) is 0 Å². The van der Waals surface area contributed by atoms with Crippen molar-refractivity contribution >= 4 is 11.0 Å². The van der Waals surface area contributed by atoms with Crippen LogP contribution in [-0.4, -0.2) is 15.1 Å². The van der Waals surface area contributed by atoms with Crippen molar-refractivity contribution in [3.63, 3.8) is 0 Å². The van der Waals surface area contributed by atoms with E-state index in [2.05, 4.69) is 9.97 Å². The van der Waals surface area contributed by atoms with Gasteiger partial charge in [-0.1, -0.05) is 0 Å².